The van der Waals surface area contributed by atoms with Gasteiger partial charge in [0.15, 0.2) is 4.67 Å². The Labute approximate surface area is 119 Å². The smallest absolute Gasteiger partial charge is 0.245 e. The van der Waals surface area contributed by atoms with Crippen LogP contribution in [-0.2, 0) is 23.1 Å². The fourth-order valence-corrected chi connectivity index (χ4v) is 3.50. The zero-order valence-electron chi connectivity index (χ0n) is 9.91. The van der Waals surface area contributed by atoms with Gasteiger partial charge in [0, 0.05) is 25.0 Å². The molecular formula is C10H13BrN4O3S. The second kappa shape index (κ2) is 5.87. The average molecular weight is 349 g/mol. The van der Waals surface area contributed by atoms with Crippen LogP contribution in [0.25, 0.3) is 0 Å². The van der Waals surface area contributed by atoms with Gasteiger partial charge in [0.2, 0.25) is 10.0 Å². The molecule has 0 aliphatic rings. The van der Waals surface area contributed by atoms with Crippen molar-refractivity contribution in [2.24, 2.45) is 5.73 Å². The number of nitrogens with zero attached hydrogens (tertiary/aromatic N) is 2. The van der Waals surface area contributed by atoms with Gasteiger partial charge in [-0.1, -0.05) is 0 Å². The van der Waals surface area contributed by atoms with E-state index in [9.17, 15) is 8.42 Å². The Morgan fingerprint density at radius 2 is 2.32 bits per heavy atom. The lowest BCUT2D eigenvalue weighted by atomic mass is 10.5. The monoisotopic (exact) mass is 348 g/mol. The first-order valence-electron chi connectivity index (χ1n) is 5.48. The quantitative estimate of drug-likeness (QED) is 0.798. The van der Waals surface area contributed by atoms with Crippen LogP contribution < -0.4 is 10.5 Å². The highest BCUT2D eigenvalue weighted by atomic mass is 79.9. The van der Waals surface area contributed by atoms with E-state index in [-0.39, 0.29) is 22.7 Å². The second-order valence-electron chi connectivity index (χ2n) is 3.72. The summed E-state index contributed by atoms with van der Waals surface area (Å²) in [6.07, 6.45) is 3.39. The molecule has 19 heavy (non-hydrogen) atoms. The van der Waals surface area contributed by atoms with Gasteiger partial charge in [0.25, 0.3) is 0 Å². The normalized spacial score (nSPS) is 11.9. The van der Waals surface area contributed by atoms with Gasteiger partial charge in [-0.2, -0.15) is 5.10 Å². The molecule has 0 amide bonds. The summed E-state index contributed by atoms with van der Waals surface area (Å²) in [5.41, 5.74) is 5.40. The largest absolute Gasteiger partial charge is 0.452 e. The van der Waals surface area contributed by atoms with Crippen LogP contribution in [-0.4, -0.2) is 24.7 Å². The Bertz CT molecular complexity index is 636. The molecule has 0 saturated carbocycles. The molecule has 0 aliphatic carbocycles. The lowest BCUT2D eigenvalue weighted by Gasteiger charge is -2.05. The third-order valence-corrected chi connectivity index (χ3v) is 4.71. The zero-order chi connectivity index (χ0) is 13.9. The van der Waals surface area contributed by atoms with Gasteiger partial charge in [-0.05, 0) is 22.0 Å². The maximum atomic E-state index is 12.0. The van der Waals surface area contributed by atoms with Crippen molar-refractivity contribution in [2.75, 3.05) is 6.54 Å². The third kappa shape index (κ3) is 3.44. The van der Waals surface area contributed by atoms with Gasteiger partial charge < -0.3 is 10.2 Å². The fraction of sp³-hybridized carbons (Fsp3) is 0.300. The van der Waals surface area contributed by atoms with Crippen molar-refractivity contribution in [3.8, 4) is 0 Å². The molecule has 0 aliphatic heterocycles. The number of aromatic nitrogens is 2. The predicted molar refractivity (Wildman–Crippen MR) is 71.7 cm³/mol. The van der Waals surface area contributed by atoms with Crippen molar-refractivity contribution in [2.45, 2.75) is 18.0 Å². The molecule has 2 aromatic heterocycles. The number of nitrogens with two attached hydrogens (primary N) is 1. The highest BCUT2D eigenvalue weighted by Crippen LogP contribution is 2.25. The highest BCUT2D eigenvalue weighted by Gasteiger charge is 2.21. The van der Waals surface area contributed by atoms with Gasteiger partial charge in [0.05, 0.1) is 13.1 Å². The summed E-state index contributed by atoms with van der Waals surface area (Å²) in [5.74, 6) is 0.402. The predicted octanol–water partition coefficient (Wildman–Crippen LogP) is 0.676. The van der Waals surface area contributed by atoms with Gasteiger partial charge >= 0.3 is 0 Å². The lowest BCUT2D eigenvalue weighted by molar-refractivity contribution is 0.483. The minimum absolute atomic E-state index is 0.0495. The summed E-state index contributed by atoms with van der Waals surface area (Å²) in [5, 5.41) is 3.98. The summed E-state index contributed by atoms with van der Waals surface area (Å²) >= 11 is 3.07. The Morgan fingerprint density at radius 3 is 2.89 bits per heavy atom. The van der Waals surface area contributed by atoms with E-state index in [1.54, 1.807) is 23.1 Å². The number of halogens is 1. The first-order valence-corrected chi connectivity index (χ1v) is 7.76. The Kier molecular flexibility index (Phi) is 4.40. The third-order valence-electron chi connectivity index (χ3n) is 2.39. The van der Waals surface area contributed by atoms with Gasteiger partial charge in [-0.3, -0.25) is 4.68 Å². The second-order valence-corrected chi connectivity index (χ2v) is 6.18. The van der Waals surface area contributed by atoms with Crippen molar-refractivity contribution in [1.29, 1.82) is 0 Å². The lowest BCUT2D eigenvalue weighted by Crippen LogP contribution is -2.27. The van der Waals surface area contributed by atoms with E-state index in [1.807, 2.05) is 0 Å². The molecule has 2 rings (SSSR count). The van der Waals surface area contributed by atoms with Crippen LogP contribution in [0, 0.1) is 0 Å². The molecule has 104 valence electrons. The molecule has 0 saturated heterocycles. The van der Waals surface area contributed by atoms with Crippen LogP contribution in [0.2, 0.25) is 0 Å². The molecule has 3 N–H and O–H groups in total. The van der Waals surface area contributed by atoms with Gasteiger partial charge in [-0.15, -0.1) is 0 Å². The summed E-state index contributed by atoms with van der Waals surface area (Å²) in [7, 11) is -3.62. The minimum atomic E-state index is -3.62. The molecule has 0 bridgehead atoms. The van der Waals surface area contributed by atoms with E-state index >= 15 is 0 Å². The molecule has 2 heterocycles. The van der Waals surface area contributed by atoms with Crippen molar-refractivity contribution < 1.29 is 12.8 Å². The van der Waals surface area contributed by atoms with Crippen LogP contribution in [0.4, 0.5) is 0 Å². The van der Waals surface area contributed by atoms with Crippen LogP contribution in [0.15, 0.2) is 38.5 Å². The summed E-state index contributed by atoms with van der Waals surface area (Å²) in [4.78, 5) is 0.0495. The number of hydrogen-bond donors (Lipinski definition) is 2. The van der Waals surface area contributed by atoms with Crippen LogP contribution in [0.1, 0.15) is 5.76 Å². The van der Waals surface area contributed by atoms with Crippen molar-refractivity contribution in [3.63, 3.8) is 0 Å². The summed E-state index contributed by atoms with van der Waals surface area (Å²) in [6, 6.07) is 3.18. The highest BCUT2D eigenvalue weighted by molar-refractivity contribution is 9.10. The Balaban J connectivity index is 2.03. The van der Waals surface area contributed by atoms with E-state index in [4.69, 9.17) is 10.2 Å². The zero-order valence-corrected chi connectivity index (χ0v) is 12.3. The number of nitrogens with one attached hydrogen (secondary N) is 1. The van der Waals surface area contributed by atoms with Crippen LogP contribution >= 0.6 is 15.9 Å². The minimum Gasteiger partial charge on any atom is -0.452 e. The molecule has 2 aromatic rings. The maximum Gasteiger partial charge on any atom is 0.245 e. The summed E-state index contributed by atoms with van der Waals surface area (Å²) in [6.45, 7) is 0.826. The number of furan rings is 1. The van der Waals surface area contributed by atoms with Crippen molar-refractivity contribution >= 4 is 26.0 Å². The Morgan fingerprint density at radius 1 is 1.53 bits per heavy atom. The SMILES string of the molecule is NCc1cc(S(=O)(=O)NCCn2cccn2)c(Br)o1. The van der Waals surface area contributed by atoms with Gasteiger partial charge in [-0.25, -0.2) is 13.1 Å². The molecule has 0 radical (unpaired) electrons. The van der Waals surface area contributed by atoms with Crippen molar-refractivity contribution in [1.82, 2.24) is 14.5 Å². The molecule has 0 unspecified atom stereocenters. The van der Waals surface area contributed by atoms with E-state index in [2.05, 4.69) is 25.8 Å². The average Bonchev–Trinajstić information content (AvgIpc) is 2.98. The molecule has 0 atom stereocenters. The molecular weight excluding hydrogens is 336 g/mol. The summed E-state index contributed by atoms with van der Waals surface area (Å²) < 4.78 is 33.5. The van der Waals surface area contributed by atoms with E-state index < -0.39 is 10.0 Å². The fourth-order valence-electron chi connectivity index (χ4n) is 1.49. The topological polar surface area (TPSA) is 103 Å². The number of hydrogen-bond acceptors (Lipinski definition) is 5. The molecule has 0 spiro atoms. The van der Waals surface area contributed by atoms with E-state index in [0.717, 1.165) is 0 Å². The maximum absolute atomic E-state index is 12.0. The Hall–Kier alpha value is -1.16. The molecule has 7 nitrogen and oxygen atoms in total. The molecule has 9 heteroatoms. The number of sulfonamides is 1. The first kappa shape index (κ1) is 14.3. The number of rotatable bonds is 6. The van der Waals surface area contributed by atoms with Gasteiger partial charge in [0.1, 0.15) is 10.7 Å². The van der Waals surface area contributed by atoms with E-state index in [0.29, 0.717) is 12.3 Å². The standard InChI is InChI=1S/C10H13BrN4O3S/c11-10-9(6-8(7-12)18-10)19(16,17)14-3-5-15-4-1-2-13-15/h1-2,4,6,14H,3,5,7,12H2. The molecule has 0 fully saturated rings. The van der Waals surface area contributed by atoms with E-state index in [1.165, 1.54) is 6.07 Å². The first-order chi connectivity index (χ1) is 9.03. The molecule has 0 aromatic carbocycles. The van der Waals surface area contributed by atoms with Crippen molar-refractivity contribution in [3.05, 3.63) is 35.0 Å². The van der Waals surface area contributed by atoms with Crippen LogP contribution in [0.5, 0.6) is 0 Å². The van der Waals surface area contributed by atoms with Crippen LogP contribution in [0.3, 0.4) is 0 Å².